The first kappa shape index (κ1) is 16.1. The van der Waals surface area contributed by atoms with Gasteiger partial charge >= 0.3 is 0 Å². The number of nitrogens with zero attached hydrogens (tertiary/aromatic N) is 3. The van der Waals surface area contributed by atoms with Crippen LogP contribution in [0.25, 0.3) is 0 Å². The molecule has 1 saturated carbocycles. The van der Waals surface area contributed by atoms with Crippen molar-refractivity contribution >= 4 is 17.7 Å². The minimum Gasteiger partial charge on any atom is -0.352 e. The molecule has 1 aromatic heterocycles. The average molecular weight is 308 g/mol. The van der Waals surface area contributed by atoms with Gasteiger partial charge in [-0.1, -0.05) is 43.5 Å². The van der Waals surface area contributed by atoms with Crippen LogP contribution in [0.5, 0.6) is 0 Å². The van der Waals surface area contributed by atoms with Crippen LogP contribution in [-0.2, 0) is 11.3 Å². The minimum atomic E-state index is -0.166. The number of rotatable bonds is 6. The van der Waals surface area contributed by atoms with Crippen molar-refractivity contribution in [2.45, 2.75) is 68.4 Å². The average Bonchev–Trinajstić information content (AvgIpc) is 2.74. The Labute approximate surface area is 130 Å². The molecule has 1 aromatic rings. The van der Waals surface area contributed by atoms with E-state index in [1.54, 1.807) is 12.4 Å². The summed E-state index contributed by atoms with van der Waals surface area (Å²) in [6.07, 6.45) is 10.7. The van der Waals surface area contributed by atoms with Gasteiger partial charge in [-0.05, 0) is 19.8 Å². The van der Waals surface area contributed by atoms with Crippen molar-refractivity contribution in [3.8, 4) is 0 Å². The van der Waals surface area contributed by atoms with Crippen molar-refractivity contribution in [3.63, 3.8) is 0 Å². The van der Waals surface area contributed by atoms with Crippen LogP contribution in [0.3, 0.4) is 0 Å². The Hall–Kier alpha value is -1.30. The fraction of sp³-hybridized carbons (Fsp3) is 0.667. The summed E-state index contributed by atoms with van der Waals surface area (Å²) in [7, 11) is 0. The molecule has 1 aliphatic rings. The summed E-state index contributed by atoms with van der Waals surface area (Å²) in [4.78, 5) is 12.3. The maximum Gasteiger partial charge on any atom is 0.233 e. The van der Waals surface area contributed by atoms with Crippen molar-refractivity contribution in [2.24, 2.45) is 0 Å². The Balaban J connectivity index is 1.86. The normalized spacial score (nSPS) is 18.0. The quantitative estimate of drug-likeness (QED) is 0.499. The number of nitrogens with one attached hydrogen (secondary N) is 1. The summed E-state index contributed by atoms with van der Waals surface area (Å²) in [5.41, 5.74) is 0. The number of allylic oxidation sites excluding steroid dienone is 1. The van der Waals surface area contributed by atoms with Crippen LogP contribution < -0.4 is 5.32 Å². The monoisotopic (exact) mass is 308 g/mol. The molecule has 0 aliphatic heterocycles. The molecular weight excluding hydrogens is 284 g/mol. The summed E-state index contributed by atoms with van der Waals surface area (Å²) >= 11 is 1.45. The largest absolute Gasteiger partial charge is 0.352 e. The highest BCUT2D eigenvalue weighted by atomic mass is 32.2. The Morgan fingerprint density at radius 2 is 2.24 bits per heavy atom. The third kappa shape index (κ3) is 4.88. The second-order valence-corrected chi connectivity index (χ2v) is 6.82. The lowest BCUT2D eigenvalue weighted by atomic mass is 10.1. The van der Waals surface area contributed by atoms with Crippen molar-refractivity contribution < 1.29 is 4.79 Å². The maximum atomic E-state index is 12.3. The van der Waals surface area contributed by atoms with Crippen molar-refractivity contribution in [2.75, 3.05) is 0 Å². The van der Waals surface area contributed by atoms with Gasteiger partial charge in [-0.2, -0.15) is 0 Å². The van der Waals surface area contributed by atoms with Crippen LogP contribution in [0.2, 0.25) is 0 Å². The lowest BCUT2D eigenvalue weighted by molar-refractivity contribution is -0.121. The van der Waals surface area contributed by atoms with Crippen LogP contribution in [-0.4, -0.2) is 32.0 Å². The summed E-state index contributed by atoms with van der Waals surface area (Å²) in [5, 5.41) is 11.7. The van der Waals surface area contributed by atoms with E-state index in [0.717, 1.165) is 18.0 Å². The van der Waals surface area contributed by atoms with E-state index in [9.17, 15) is 4.79 Å². The third-order valence-electron chi connectivity index (χ3n) is 3.76. The molecule has 1 atom stereocenters. The van der Waals surface area contributed by atoms with Gasteiger partial charge in [0.25, 0.3) is 0 Å². The van der Waals surface area contributed by atoms with Crippen molar-refractivity contribution in [3.05, 3.63) is 19.0 Å². The van der Waals surface area contributed by atoms with Crippen LogP contribution in [0, 0.1) is 0 Å². The predicted octanol–water partition coefficient (Wildman–Crippen LogP) is 2.78. The zero-order chi connectivity index (χ0) is 15.1. The van der Waals surface area contributed by atoms with Crippen LogP contribution >= 0.6 is 11.8 Å². The summed E-state index contributed by atoms with van der Waals surface area (Å²) in [6.45, 7) is 6.29. The molecule has 5 nitrogen and oxygen atoms in total. The van der Waals surface area contributed by atoms with Crippen molar-refractivity contribution in [1.29, 1.82) is 0 Å². The maximum absolute atomic E-state index is 12.3. The SMILES string of the molecule is C=CCn1cnnc1S[C@@H](C)C(=O)NC1CCCCCC1. The number of hydrogen-bond acceptors (Lipinski definition) is 4. The fourth-order valence-corrected chi connectivity index (χ4v) is 3.40. The Bertz CT molecular complexity index is 466. The summed E-state index contributed by atoms with van der Waals surface area (Å²) in [6, 6.07) is 0.342. The lowest BCUT2D eigenvalue weighted by Crippen LogP contribution is -2.39. The molecule has 1 N–H and O–H groups in total. The van der Waals surface area contributed by atoms with E-state index in [2.05, 4.69) is 22.1 Å². The van der Waals surface area contributed by atoms with Gasteiger partial charge in [-0.25, -0.2) is 0 Å². The minimum absolute atomic E-state index is 0.0973. The van der Waals surface area contributed by atoms with Gasteiger partial charge in [-0.3, -0.25) is 4.79 Å². The highest BCUT2D eigenvalue weighted by Gasteiger charge is 2.21. The van der Waals surface area contributed by atoms with Gasteiger partial charge in [-0.15, -0.1) is 16.8 Å². The number of hydrogen-bond donors (Lipinski definition) is 1. The van der Waals surface area contributed by atoms with Crippen LogP contribution in [0.4, 0.5) is 0 Å². The first-order valence-corrected chi connectivity index (χ1v) is 8.54. The summed E-state index contributed by atoms with van der Waals surface area (Å²) in [5.74, 6) is 0.0973. The smallest absolute Gasteiger partial charge is 0.233 e. The molecule has 1 amide bonds. The molecule has 116 valence electrons. The van der Waals surface area contributed by atoms with Gasteiger partial charge in [0.2, 0.25) is 5.91 Å². The molecule has 0 aromatic carbocycles. The van der Waals surface area contributed by atoms with E-state index in [-0.39, 0.29) is 11.2 Å². The zero-order valence-electron chi connectivity index (χ0n) is 12.6. The first-order valence-electron chi connectivity index (χ1n) is 7.66. The molecule has 21 heavy (non-hydrogen) atoms. The Morgan fingerprint density at radius 3 is 2.90 bits per heavy atom. The first-order chi connectivity index (χ1) is 10.2. The highest BCUT2D eigenvalue weighted by Crippen LogP contribution is 2.22. The second-order valence-electron chi connectivity index (χ2n) is 5.51. The third-order valence-corrected chi connectivity index (χ3v) is 4.85. The molecule has 6 heteroatoms. The number of aromatic nitrogens is 3. The molecule has 1 heterocycles. The van der Waals surface area contributed by atoms with Gasteiger partial charge in [0.15, 0.2) is 5.16 Å². The van der Waals surface area contributed by atoms with Crippen LogP contribution in [0.15, 0.2) is 24.1 Å². The van der Waals surface area contributed by atoms with E-state index in [1.807, 2.05) is 11.5 Å². The molecular formula is C15H24N4OS. The number of carbonyl (C=O) groups excluding carboxylic acids is 1. The topological polar surface area (TPSA) is 59.8 Å². The molecule has 0 radical (unpaired) electrons. The van der Waals surface area contributed by atoms with E-state index >= 15 is 0 Å². The van der Waals surface area contributed by atoms with Crippen LogP contribution in [0.1, 0.15) is 45.4 Å². The summed E-state index contributed by atoms with van der Waals surface area (Å²) < 4.78 is 1.90. The number of amides is 1. The van der Waals surface area contributed by atoms with E-state index < -0.39 is 0 Å². The molecule has 1 aliphatic carbocycles. The van der Waals surface area contributed by atoms with Gasteiger partial charge in [0.1, 0.15) is 6.33 Å². The lowest BCUT2D eigenvalue weighted by Gasteiger charge is -2.19. The Kier molecular flexibility index (Phi) is 6.29. The Morgan fingerprint density at radius 1 is 1.52 bits per heavy atom. The molecule has 0 unspecified atom stereocenters. The zero-order valence-corrected chi connectivity index (χ0v) is 13.4. The molecule has 2 rings (SSSR count). The molecule has 0 bridgehead atoms. The van der Waals surface area contributed by atoms with Gasteiger partial charge in [0, 0.05) is 12.6 Å². The standard InChI is InChI=1S/C15H24N4OS/c1-3-10-19-11-16-18-15(19)21-12(2)14(20)17-13-8-6-4-5-7-9-13/h3,11-13H,1,4-10H2,2H3,(H,17,20)/t12-/m0/s1. The van der Waals surface area contributed by atoms with E-state index in [1.165, 1.54) is 37.4 Å². The van der Waals surface area contributed by atoms with E-state index in [0.29, 0.717) is 12.6 Å². The fourth-order valence-electron chi connectivity index (χ4n) is 2.55. The molecule has 0 saturated heterocycles. The van der Waals surface area contributed by atoms with Gasteiger partial charge < -0.3 is 9.88 Å². The number of thioether (sulfide) groups is 1. The second kappa shape index (κ2) is 8.22. The number of carbonyl (C=O) groups is 1. The van der Waals surface area contributed by atoms with Gasteiger partial charge in [0.05, 0.1) is 5.25 Å². The molecule has 0 spiro atoms. The van der Waals surface area contributed by atoms with Crippen molar-refractivity contribution in [1.82, 2.24) is 20.1 Å². The van der Waals surface area contributed by atoms with E-state index in [4.69, 9.17) is 0 Å². The molecule has 1 fully saturated rings. The highest BCUT2D eigenvalue weighted by molar-refractivity contribution is 8.00. The predicted molar refractivity (Wildman–Crippen MR) is 85.2 cm³/mol.